The van der Waals surface area contributed by atoms with E-state index < -0.39 is 108 Å². The fraction of sp³-hybridized carbons (Fsp3) is 0.474. The highest BCUT2D eigenvalue weighted by Crippen LogP contribution is 2.22. The van der Waals surface area contributed by atoms with E-state index in [-0.39, 0.29) is 18.6 Å². The van der Waals surface area contributed by atoms with Crippen molar-refractivity contribution in [3.05, 3.63) is 65.2 Å². The minimum absolute atomic E-state index is 0.0639. The summed E-state index contributed by atoms with van der Waals surface area (Å²) in [7, 11) is 0. The Balaban J connectivity index is 1.75. The van der Waals surface area contributed by atoms with Crippen LogP contribution in [0.2, 0.25) is 0 Å². The second-order valence-electron chi connectivity index (χ2n) is 14.4. The smallest absolute Gasteiger partial charge is 0.305 e. The summed E-state index contributed by atoms with van der Waals surface area (Å²) in [6.45, 7) is 7.84. The molecule has 0 bridgehead atoms. The van der Waals surface area contributed by atoms with Crippen LogP contribution in [-0.2, 0) is 57.7 Å². The van der Waals surface area contributed by atoms with Gasteiger partial charge in [-0.2, -0.15) is 0 Å². The van der Waals surface area contributed by atoms with E-state index in [0.717, 1.165) is 11.1 Å². The van der Waals surface area contributed by atoms with Crippen molar-refractivity contribution in [1.29, 1.82) is 0 Å². The van der Waals surface area contributed by atoms with Gasteiger partial charge >= 0.3 is 5.97 Å². The number of carboxylic acid groups (broad SMARTS) is 1. The van der Waals surface area contributed by atoms with E-state index in [4.69, 9.17) is 5.73 Å². The summed E-state index contributed by atoms with van der Waals surface area (Å²) in [5.41, 5.74) is 7.43. The first-order chi connectivity index (χ1) is 26.4. The average molecular weight is 781 g/mol. The van der Waals surface area contributed by atoms with E-state index >= 15 is 0 Å². The van der Waals surface area contributed by atoms with Gasteiger partial charge in [0.1, 0.15) is 36.0 Å². The topological polar surface area (TPSA) is 287 Å². The van der Waals surface area contributed by atoms with Gasteiger partial charge in [0.2, 0.25) is 41.4 Å². The molecule has 2 aromatic carbocycles. The average Bonchev–Trinajstić information content (AvgIpc) is 3.13. The summed E-state index contributed by atoms with van der Waals surface area (Å²) in [4.78, 5) is 103. The van der Waals surface area contributed by atoms with Gasteiger partial charge in [0.05, 0.1) is 19.0 Å². The Kier molecular flexibility index (Phi) is 16.3. The lowest BCUT2D eigenvalue weighted by Gasteiger charge is -2.29. The lowest BCUT2D eigenvalue weighted by atomic mass is 9.95. The van der Waals surface area contributed by atoms with Crippen LogP contribution in [0.3, 0.4) is 0 Å². The molecule has 56 heavy (non-hydrogen) atoms. The maximum atomic E-state index is 13.8. The Hall–Kier alpha value is -6.04. The summed E-state index contributed by atoms with van der Waals surface area (Å²) < 4.78 is 0. The number of benzene rings is 2. The third-order valence-electron chi connectivity index (χ3n) is 9.08. The third kappa shape index (κ3) is 13.4. The van der Waals surface area contributed by atoms with Gasteiger partial charge in [-0.1, -0.05) is 64.1 Å². The quantitative estimate of drug-likeness (QED) is 0.0782. The Morgan fingerprint density at radius 2 is 1.32 bits per heavy atom. The van der Waals surface area contributed by atoms with Crippen LogP contribution in [-0.4, -0.2) is 100 Å². The minimum atomic E-state index is -1.71. The molecule has 2 aromatic rings. The molecule has 7 amide bonds. The van der Waals surface area contributed by atoms with Crippen molar-refractivity contribution in [3.8, 4) is 5.75 Å². The maximum absolute atomic E-state index is 13.8. The largest absolute Gasteiger partial charge is 0.508 e. The van der Waals surface area contributed by atoms with Crippen LogP contribution in [0.4, 0.5) is 0 Å². The molecule has 304 valence electrons. The molecule has 0 aromatic heterocycles. The van der Waals surface area contributed by atoms with Gasteiger partial charge in [-0.3, -0.25) is 38.4 Å². The number of phenolic OH excluding ortho intramolecular Hbond substituents is 1. The second kappa shape index (κ2) is 20.6. The molecule has 3 rings (SSSR count). The summed E-state index contributed by atoms with van der Waals surface area (Å²) in [6, 6.07) is 6.18. The number of phenols is 1. The van der Waals surface area contributed by atoms with Crippen molar-refractivity contribution in [2.24, 2.45) is 17.6 Å². The zero-order valence-electron chi connectivity index (χ0n) is 32.0. The lowest BCUT2D eigenvalue weighted by Crippen LogP contribution is -2.61. The van der Waals surface area contributed by atoms with Gasteiger partial charge in [-0.05, 0) is 54.0 Å². The Morgan fingerprint density at radius 3 is 1.93 bits per heavy atom. The number of aromatic hydroxyl groups is 1. The van der Waals surface area contributed by atoms with Crippen LogP contribution in [0.1, 0.15) is 57.7 Å². The van der Waals surface area contributed by atoms with E-state index in [1.54, 1.807) is 76.2 Å². The molecule has 1 heterocycles. The van der Waals surface area contributed by atoms with Gasteiger partial charge in [0.15, 0.2) is 0 Å². The fourth-order valence-corrected chi connectivity index (χ4v) is 5.93. The highest BCUT2D eigenvalue weighted by Gasteiger charge is 2.35. The number of primary amides is 1. The summed E-state index contributed by atoms with van der Waals surface area (Å²) in [6.07, 6.45) is -0.696. The number of hydrogen-bond acceptors (Lipinski definition) is 10. The molecule has 0 unspecified atom stereocenters. The van der Waals surface area contributed by atoms with E-state index in [0.29, 0.717) is 12.1 Å². The molecule has 1 aliphatic rings. The SMILES string of the molecule is CC(C)[C@H](NC(=O)[C@H](CC(=O)O)NC(=O)[C@H](Cc1ccccc1)NC(=O)[C@@H](C)NC(=O)[C@@H]1Cc2cc(O)ccc2CN1)C(=O)N[C@H](C(=O)NCC(N)=O)C(C)C. The highest BCUT2D eigenvalue weighted by molar-refractivity contribution is 5.98. The summed E-state index contributed by atoms with van der Waals surface area (Å²) >= 11 is 0. The normalized spacial score (nSPS) is 16.2. The predicted octanol–water partition coefficient (Wildman–Crippen LogP) is -1.52. The van der Waals surface area contributed by atoms with Crippen molar-refractivity contribution in [1.82, 2.24) is 37.2 Å². The molecule has 1 aliphatic heterocycles. The van der Waals surface area contributed by atoms with Crippen molar-refractivity contribution >= 4 is 47.3 Å². The molecule has 0 saturated carbocycles. The number of aliphatic carboxylic acids is 1. The molecule has 6 atom stereocenters. The van der Waals surface area contributed by atoms with Gasteiger partial charge in [-0.15, -0.1) is 0 Å². The van der Waals surface area contributed by atoms with Crippen LogP contribution in [0.25, 0.3) is 0 Å². The van der Waals surface area contributed by atoms with E-state index in [2.05, 4.69) is 37.2 Å². The number of fused-ring (bicyclic) bond motifs is 1. The summed E-state index contributed by atoms with van der Waals surface area (Å²) in [5.74, 6) is -7.82. The van der Waals surface area contributed by atoms with E-state index in [1.165, 1.54) is 6.92 Å². The van der Waals surface area contributed by atoms with Crippen molar-refractivity contribution < 1.29 is 48.6 Å². The monoisotopic (exact) mass is 780 g/mol. The molecule has 18 heteroatoms. The molecule has 0 aliphatic carbocycles. The Morgan fingerprint density at radius 1 is 0.732 bits per heavy atom. The molecular weight excluding hydrogens is 728 g/mol. The lowest BCUT2D eigenvalue weighted by molar-refractivity contribution is -0.141. The molecule has 11 N–H and O–H groups in total. The van der Waals surface area contributed by atoms with Crippen LogP contribution >= 0.6 is 0 Å². The van der Waals surface area contributed by atoms with Gasteiger partial charge in [0.25, 0.3) is 0 Å². The molecule has 0 radical (unpaired) electrons. The van der Waals surface area contributed by atoms with Gasteiger partial charge < -0.3 is 53.2 Å². The molecular formula is C38H52N8O10. The van der Waals surface area contributed by atoms with Gasteiger partial charge in [0, 0.05) is 13.0 Å². The number of nitrogens with two attached hydrogens (primary N) is 1. The van der Waals surface area contributed by atoms with Crippen LogP contribution in [0.5, 0.6) is 5.75 Å². The molecule has 0 saturated heterocycles. The van der Waals surface area contributed by atoms with Crippen molar-refractivity contribution in [2.75, 3.05) is 6.54 Å². The first-order valence-electron chi connectivity index (χ1n) is 18.2. The number of amides is 7. The first-order valence-corrected chi connectivity index (χ1v) is 18.2. The number of carboxylic acids is 1. The minimum Gasteiger partial charge on any atom is -0.508 e. The van der Waals surface area contributed by atoms with E-state index in [9.17, 15) is 48.6 Å². The predicted molar refractivity (Wildman–Crippen MR) is 202 cm³/mol. The Labute approximate surface area is 324 Å². The fourth-order valence-electron chi connectivity index (χ4n) is 5.93. The van der Waals surface area contributed by atoms with Crippen LogP contribution in [0.15, 0.2) is 48.5 Å². The zero-order chi connectivity index (χ0) is 41.7. The Bertz CT molecular complexity index is 1770. The number of carbonyl (C=O) groups is 8. The first kappa shape index (κ1) is 44.4. The van der Waals surface area contributed by atoms with Gasteiger partial charge in [-0.25, -0.2) is 0 Å². The molecule has 18 nitrogen and oxygen atoms in total. The maximum Gasteiger partial charge on any atom is 0.305 e. The van der Waals surface area contributed by atoms with E-state index in [1.807, 2.05) is 0 Å². The number of hydrogen-bond donors (Lipinski definition) is 10. The van der Waals surface area contributed by atoms with Crippen LogP contribution < -0.4 is 43.0 Å². The standard InChI is InChI=1S/C38H52N8O10/c1-19(2)31(37(55)41-18-29(39)48)46-38(56)32(20(3)4)45-36(54)28(16-30(49)50)44-35(53)27(13-22-9-7-6-8-10-22)43-33(51)21(5)42-34(52)26-15-24-14-25(47)12-11-23(24)17-40-26/h6-12,14,19-21,26-28,31-32,40,47H,13,15-18H2,1-5H3,(H2,39,48)(H,41,55)(H,42,52)(H,43,51)(H,44,53)(H,45,54)(H,46,56)(H,49,50)/t21-,26+,27+,28+,31+,32+/m1/s1. The highest BCUT2D eigenvalue weighted by atomic mass is 16.4. The number of nitrogens with one attached hydrogen (secondary N) is 7. The summed E-state index contributed by atoms with van der Waals surface area (Å²) in [5, 5.41) is 37.6. The number of rotatable bonds is 19. The number of carbonyl (C=O) groups excluding carboxylic acids is 7. The second-order valence-corrected chi connectivity index (χ2v) is 14.4. The molecule has 0 fully saturated rings. The third-order valence-corrected chi connectivity index (χ3v) is 9.08. The van der Waals surface area contributed by atoms with Crippen LogP contribution in [0, 0.1) is 11.8 Å². The van der Waals surface area contributed by atoms with Crippen molar-refractivity contribution in [3.63, 3.8) is 0 Å². The van der Waals surface area contributed by atoms with Crippen molar-refractivity contribution in [2.45, 2.75) is 96.7 Å². The molecule has 0 spiro atoms. The zero-order valence-corrected chi connectivity index (χ0v) is 32.0.